The molecule has 168 valence electrons. The molecule has 0 nitrogen and oxygen atoms in total. The Kier molecular flexibility index (Phi) is 8.42. The third-order valence-electron chi connectivity index (χ3n) is 7.36. The van der Waals surface area contributed by atoms with Crippen LogP contribution in [0, 0.1) is 17.8 Å². The van der Waals surface area contributed by atoms with E-state index in [9.17, 15) is 17.6 Å². The maximum absolute atomic E-state index is 13.8. The van der Waals surface area contributed by atoms with Crippen LogP contribution < -0.4 is 0 Å². The smallest absolute Gasteiger partial charge is 0.212 e. The van der Waals surface area contributed by atoms with Gasteiger partial charge in [-0.2, -0.15) is 13.2 Å². The van der Waals surface area contributed by atoms with Gasteiger partial charge in [0.25, 0.3) is 0 Å². The first-order valence-electron chi connectivity index (χ1n) is 11.9. The van der Waals surface area contributed by atoms with E-state index in [0.29, 0.717) is 24.7 Å². The van der Waals surface area contributed by atoms with E-state index in [0.717, 1.165) is 31.6 Å². The summed E-state index contributed by atoms with van der Waals surface area (Å²) in [5.41, 5.74) is 2.92. The summed E-state index contributed by atoms with van der Waals surface area (Å²) in [6, 6.07) is 9.21. The molecule has 2 aliphatic rings. The van der Waals surface area contributed by atoms with E-state index in [4.69, 9.17) is 0 Å². The summed E-state index contributed by atoms with van der Waals surface area (Å²) in [7, 11) is 0. The molecule has 2 saturated carbocycles. The molecule has 0 N–H and O–H groups in total. The van der Waals surface area contributed by atoms with E-state index in [-0.39, 0.29) is 6.08 Å². The van der Waals surface area contributed by atoms with Crippen LogP contribution in [0.4, 0.5) is 17.6 Å². The molecule has 0 saturated heterocycles. The summed E-state index contributed by atoms with van der Waals surface area (Å²) in [5.74, 6) is 0.531. The number of alkyl halides is 3. The van der Waals surface area contributed by atoms with Gasteiger partial charge in [0.2, 0.25) is 0 Å². The molecule has 1 aromatic carbocycles. The van der Waals surface area contributed by atoms with Crippen molar-refractivity contribution in [2.45, 2.75) is 96.1 Å². The van der Waals surface area contributed by atoms with Gasteiger partial charge in [0, 0.05) is 5.92 Å². The molecule has 3 rings (SSSR count). The highest BCUT2D eigenvalue weighted by molar-refractivity contribution is 5.25. The topological polar surface area (TPSA) is 0 Å². The Morgan fingerprint density at radius 1 is 0.867 bits per heavy atom. The minimum absolute atomic E-state index is 0.145. The highest BCUT2D eigenvalue weighted by Crippen LogP contribution is 2.41. The third-order valence-corrected chi connectivity index (χ3v) is 7.36. The molecule has 0 radical (unpaired) electrons. The van der Waals surface area contributed by atoms with E-state index >= 15 is 0 Å². The van der Waals surface area contributed by atoms with Gasteiger partial charge < -0.3 is 0 Å². The van der Waals surface area contributed by atoms with Gasteiger partial charge in [0.1, 0.15) is 5.83 Å². The molecule has 4 heteroatoms. The molecule has 0 amide bonds. The lowest BCUT2D eigenvalue weighted by Crippen LogP contribution is -2.18. The fourth-order valence-electron chi connectivity index (χ4n) is 5.50. The Hall–Kier alpha value is -1.32. The maximum atomic E-state index is 13.8. The van der Waals surface area contributed by atoms with E-state index in [2.05, 4.69) is 31.2 Å². The van der Waals surface area contributed by atoms with Crippen LogP contribution in [0.1, 0.15) is 94.6 Å². The van der Waals surface area contributed by atoms with Crippen LogP contribution in [0.5, 0.6) is 0 Å². The zero-order valence-electron chi connectivity index (χ0n) is 18.2. The Morgan fingerprint density at radius 2 is 1.40 bits per heavy atom. The molecular weight excluding hydrogens is 388 g/mol. The summed E-state index contributed by atoms with van der Waals surface area (Å²) < 4.78 is 50.8. The zero-order valence-corrected chi connectivity index (χ0v) is 18.2. The second kappa shape index (κ2) is 10.8. The van der Waals surface area contributed by atoms with E-state index in [1.165, 1.54) is 49.7 Å². The zero-order chi connectivity index (χ0) is 21.6. The summed E-state index contributed by atoms with van der Waals surface area (Å²) in [6.07, 6.45) is 7.95. The first-order valence-corrected chi connectivity index (χ1v) is 11.9. The van der Waals surface area contributed by atoms with Crippen LogP contribution >= 0.6 is 0 Å². The number of benzene rings is 1. The monoisotopic (exact) mass is 424 g/mol. The van der Waals surface area contributed by atoms with Gasteiger partial charge in [-0.1, -0.05) is 50.5 Å². The fraction of sp³-hybridized carbons (Fsp3) is 0.692. The second-order valence-electron chi connectivity index (χ2n) is 9.58. The van der Waals surface area contributed by atoms with Crippen molar-refractivity contribution in [3.05, 3.63) is 47.3 Å². The van der Waals surface area contributed by atoms with E-state index < -0.39 is 17.9 Å². The van der Waals surface area contributed by atoms with Crippen LogP contribution in [0.2, 0.25) is 0 Å². The van der Waals surface area contributed by atoms with Crippen molar-refractivity contribution in [2.24, 2.45) is 17.8 Å². The molecule has 0 spiro atoms. The number of hydrogen-bond donors (Lipinski definition) is 0. The van der Waals surface area contributed by atoms with Crippen LogP contribution in [0.15, 0.2) is 36.2 Å². The summed E-state index contributed by atoms with van der Waals surface area (Å²) in [4.78, 5) is 0. The summed E-state index contributed by atoms with van der Waals surface area (Å²) >= 11 is 0. The van der Waals surface area contributed by atoms with Gasteiger partial charge in [-0.3, -0.25) is 0 Å². The molecular formula is C26H36F4. The van der Waals surface area contributed by atoms with Gasteiger partial charge in [0.05, 0.1) is 6.08 Å². The second-order valence-corrected chi connectivity index (χ2v) is 9.58. The van der Waals surface area contributed by atoms with Crippen LogP contribution in [0.3, 0.4) is 0 Å². The minimum Gasteiger partial charge on any atom is -0.212 e. The van der Waals surface area contributed by atoms with Crippen molar-refractivity contribution in [1.29, 1.82) is 0 Å². The molecule has 30 heavy (non-hydrogen) atoms. The quantitative estimate of drug-likeness (QED) is 0.383. The maximum Gasteiger partial charge on any atom is 0.412 e. The van der Waals surface area contributed by atoms with Crippen molar-refractivity contribution in [2.75, 3.05) is 0 Å². The molecule has 2 aliphatic carbocycles. The van der Waals surface area contributed by atoms with Crippen molar-refractivity contribution < 1.29 is 17.6 Å². The van der Waals surface area contributed by atoms with Gasteiger partial charge in [-0.25, -0.2) is 4.39 Å². The van der Waals surface area contributed by atoms with Gasteiger partial charge in [-0.05, 0) is 86.7 Å². The number of allylic oxidation sites excluding steroid dienone is 2. The normalized spacial score (nSPS) is 28.5. The van der Waals surface area contributed by atoms with Crippen LogP contribution in [-0.2, 0) is 6.42 Å². The molecule has 0 unspecified atom stereocenters. The minimum atomic E-state index is -4.54. The highest BCUT2D eigenvalue weighted by Gasteiger charge is 2.31. The number of hydrogen-bond acceptors (Lipinski definition) is 0. The lowest BCUT2D eigenvalue weighted by Gasteiger charge is -2.32. The van der Waals surface area contributed by atoms with Gasteiger partial charge >= 0.3 is 6.18 Å². The van der Waals surface area contributed by atoms with Crippen molar-refractivity contribution in [3.8, 4) is 0 Å². The Morgan fingerprint density at radius 3 is 1.90 bits per heavy atom. The van der Waals surface area contributed by atoms with Crippen LogP contribution in [0.25, 0.3) is 0 Å². The Labute approximate surface area is 179 Å². The van der Waals surface area contributed by atoms with Gasteiger partial charge in [-0.15, -0.1) is 0 Å². The van der Waals surface area contributed by atoms with Crippen molar-refractivity contribution >= 4 is 0 Å². The first-order chi connectivity index (χ1) is 14.3. The average molecular weight is 425 g/mol. The molecule has 1 aromatic rings. The largest absolute Gasteiger partial charge is 0.412 e. The lowest BCUT2D eigenvalue weighted by atomic mass is 9.74. The van der Waals surface area contributed by atoms with Crippen molar-refractivity contribution in [1.82, 2.24) is 0 Å². The fourth-order valence-corrected chi connectivity index (χ4v) is 5.50. The predicted molar refractivity (Wildman–Crippen MR) is 115 cm³/mol. The molecule has 0 bridgehead atoms. The van der Waals surface area contributed by atoms with Gasteiger partial charge in [0.15, 0.2) is 0 Å². The standard InChI is InChI=1S/C26H36F4/c1-2-3-19-6-12-22(13-7-19)23-14-8-20(9-15-23)4-5-21-10-16-24(17-11-21)25(27)18-26(28,29)30/h6-7,12-13,18,20-21,23-24H,2-5,8-11,14-17H2,1H3. The first kappa shape index (κ1) is 23.3. The molecule has 0 aliphatic heterocycles. The highest BCUT2D eigenvalue weighted by atomic mass is 19.4. The summed E-state index contributed by atoms with van der Waals surface area (Å²) in [6.45, 7) is 2.21. The third kappa shape index (κ3) is 7.13. The number of halogens is 4. The summed E-state index contributed by atoms with van der Waals surface area (Å²) in [5, 5.41) is 0. The Balaban J connectivity index is 1.36. The lowest BCUT2D eigenvalue weighted by molar-refractivity contribution is -0.0821. The van der Waals surface area contributed by atoms with Crippen molar-refractivity contribution in [3.63, 3.8) is 0 Å². The molecule has 0 atom stereocenters. The van der Waals surface area contributed by atoms with E-state index in [1.54, 1.807) is 0 Å². The molecule has 0 aromatic heterocycles. The number of rotatable bonds is 7. The van der Waals surface area contributed by atoms with E-state index in [1.807, 2.05) is 0 Å². The Bertz CT molecular complexity index is 657. The SMILES string of the molecule is CCCc1ccc(C2CCC(CCC3CCC(C(F)=CC(F)(F)F)CC3)CC2)cc1. The molecule has 0 heterocycles. The predicted octanol–water partition coefficient (Wildman–Crippen LogP) is 8.92. The van der Waals surface area contributed by atoms with Crippen LogP contribution in [-0.4, -0.2) is 6.18 Å². The number of aryl methyl sites for hydroxylation is 1. The molecule has 2 fully saturated rings. The average Bonchev–Trinajstić information content (AvgIpc) is 2.73.